The van der Waals surface area contributed by atoms with Gasteiger partial charge in [0.2, 0.25) is 0 Å². The van der Waals surface area contributed by atoms with Crippen molar-refractivity contribution in [3.63, 3.8) is 0 Å². The minimum atomic E-state index is -0.100. The molecule has 1 amide bonds. The van der Waals surface area contributed by atoms with E-state index in [2.05, 4.69) is 45.0 Å². The number of rotatable bonds is 3. The summed E-state index contributed by atoms with van der Waals surface area (Å²) in [6, 6.07) is 8.26. The second-order valence-corrected chi connectivity index (χ2v) is 4.17. The lowest BCUT2D eigenvalue weighted by Crippen LogP contribution is -2.47. The maximum atomic E-state index is 10.9. The van der Waals surface area contributed by atoms with E-state index in [-0.39, 0.29) is 12.5 Å². The van der Waals surface area contributed by atoms with Gasteiger partial charge in [-0.15, -0.1) is 0 Å². The molecule has 17 heavy (non-hydrogen) atoms. The van der Waals surface area contributed by atoms with Crippen molar-refractivity contribution >= 4 is 17.4 Å². The molecule has 1 aromatic carbocycles. The first-order valence-electron chi connectivity index (χ1n) is 5.49. The molecule has 1 heterocycles. The predicted octanol–water partition coefficient (Wildman–Crippen LogP) is 0.328. The van der Waals surface area contributed by atoms with E-state index < -0.39 is 0 Å². The van der Waals surface area contributed by atoms with Crippen molar-refractivity contribution in [1.29, 1.82) is 0 Å². The summed E-state index contributed by atoms with van der Waals surface area (Å²) >= 11 is 0. The number of nitrogens with one attached hydrogen (secondary N) is 2. The van der Waals surface area contributed by atoms with Crippen LogP contribution in [0, 0.1) is 0 Å². The lowest BCUT2D eigenvalue weighted by Gasteiger charge is -2.16. The molecule has 0 aromatic heterocycles. The summed E-state index contributed by atoms with van der Waals surface area (Å²) in [6.07, 6.45) is 0.702. The number of carbonyl (C=O) groups excluding carboxylic acids is 1. The zero-order chi connectivity index (χ0) is 12.3. The molecule has 2 rings (SSSR count). The van der Waals surface area contributed by atoms with Crippen molar-refractivity contribution in [3.05, 3.63) is 29.8 Å². The van der Waals surface area contributed by atoms with Crippen molar-refractivity contribution < 1.29 is 4.79 Å². The summed E-state index contributed by atoms with van der Waals surface area (Å²) in [6.45, 7) is 0.206. The Morgan fingerprint density at radius 3 is 2.47 bits per heavy atom. The molecular weight excluding hydrogens is 216 g/mol. The highest BCUT2D eigenvalue weighted by molar-refractivity contribution is 5.92. The molecule has 0 atom stereocenters. The van der Waals surface area contributed by atoms with E-state index in [0.717, 1.165) is 11.4 Å². The van der Waals surface area contributed by atoms with Gasteiger partial charge in [0.1, 0.15) is 12.4 Å². The van der Waals surface area contributed by atoms with Crippen LogP contribution in [0.1, 0.15) is 5.56 Å². The Morgan fingerprint density at radius 1 is 1.24 bits per heavy atom. The van der Waals surface area contributed by atoms with Gasteiger partial charge in [0.15, 0.2) is 0 Å². The topological polar surface area (TPSA) is 56.7 Å². The molecule has 0 spiro atoms. The monoisotopic (exact) mass is 232 g/mol. The van der Waals surface area contributed by atoms with Crippen LogP contribution >= 0.6 is 0 Å². The summed E-state index contributed by atoms with van der Waals surface area (Å²) in [4.78, 5) is 17.1. The lowest BCUT2D eigenvalue weighted by atomic mass is 10.1. The second kappa shape index (κ2) is 4.86. The number of aliphatic imine (C=N–C) groups is 1. The number of benzene rings is 1. The number of amides is 1. The Bertz CT molecular complexity index is 436. The highest BCUT2D eigenvalue weighted by atomic mass is 16.2. The molecule has 0 aliphatic carbocycles. The number of hydrogen-bond acceptors (Lipinski definition) is 4. The fourth-order valence-electron chi connectivity index (χ4n) is 1.59. The van der Waals surface area contributed by atoms with Gasteiger partial charge in [-0.3, -0.25) is 20.6 Å². The molecule has 0 saturated carbocycles. The lowest BCUT2D eigenvalue weighted by molar-refractivity contribution is -0.120. The van der Waals surface area contributed by atoms with E-state index in [9.17, 15) is 4.79 Å². The van der Waals surface area contributed by atoms with E-state index in [1.54, 1.807) is 0 Å². The fourth-order valence-corrected chi connectivity index (χ4v) is 1.59. The Balaban J connectivity index is 2.02. The van der Waals surface area contributed by atoms with E-state index in [4.69, 9.17) is 0 Å². The van der Waals surface area contributed by atoms with Crippen LogP contribution in [0.4, 0.5) is 5.69 Å². The van der Waals surface area contributed by atoms with Crippen LogP contribution in [0.25, 0.3) is 0 Å². The Hall–Kier alpha value is -2.04. The van der Waals surface area contributed by atoms with Gasteiger partial charge in [0, 0.05) is 26.2 Å². The molecule has 1 aliphatic heterocycles. The highest BCUT2D eigenvalue weighted by Crippen LogP contribution is 2.12. The van der Waals surface area contributed by atoms with Gasteiger partial charge >= 0.3 is 0 Å². The molecule has 0 bridgehead atoms. The number of hydrogen-bond donors (Lipinski definition) is 2. The number of carbonyl (C=O) groups is 1. The average molecular weight is 232 g/mol. The fraction of sp³-hybridized carbons (Fsp3) is 0.333. The zero-order valence-electron chi connectivity index (χ0n) is 10.0. The van der Waals surface area contributed by atoms with Crippen LogP contribution in [0.5, 0.6) is 0 Å². The average Bonchev–Trinajstić information content (AvgIpc) is 2.33. The summed E-state index contributed by atoms with van der Waals surface area (Å²) in [5.41, 5.74) is 7.68. The van der Waals surface area contributed by atoms with Crippen molar-refractivity contribution in [3.8, 4) is 0 Å². The van der Waals surface area contributed by atoms with Crippen LogP contribution in [0.3, 0.4) is 0 Å². The molecule has 2 N–H and O–H groups in total. The Labute approximate surface area is 101 Å². The van der Waals surface area contributed by atoms with Gasteiger partial charge in [0.05, 0.1) is 0 Å². The van der Waals surface area contributed by atoms with Gasteiger partial charge in [-0.25, -0.2) is 0 Å². The smallest absolute Gasteiger partial charge is 0.260 e. The second-order valence-electron chi connectivity index (χ2n) is 4.17. The van der Waals surface area contributed by atoms with Crippen molar-refractivity contribution in [2.24, 2.45) is 4.99 Å². The van der Waals surface area contributed by atoms with Crippen molar-refractivity contribution in [1.82, 2.24) is 10.9 Å². The molecular formula is C12H16N4O. The number of nitrogens with zero attached hydrogens (tertiary/aromatic N) is 2. The quantitative estimate of drug-likeness (QED) is 0.789. The molecule has 5 nitrogen and oxygen atoms in total. The molecule has 1 aromatic rings. The Kier molecular flexibility index (Phi) is 3.27. The van der Waals surface area contributed by atoms with Gasteiger partial charge < -0.3 is 4.90 Å². The van der Waals surface area contributed by atoms with Crippen molar-refractivity contribution in [2.75, 3.05) is 25.5 Å². The van der Waals surface area contributed by atoms with E-state index in [0.29, 0.717) is 6.42 Å². The van der Waals surface area contributed by atoms with Crippen LogP contribution in [0.2, 0.25) is 0 Å². The van der Waals surface area contributed by atoms with Crippen LogP contribution in [-0.4, -0.2) is 32.4 Å². The number of anilines is 1. The van der Waals surface area contributed by atoms with Crippen molar-refractivity contribution in [2.45, 2.75) is 6.42 Å². The molecule has 90 valence electrons. The summed E-state index contributed by atoms with van der Waals surface area (Å²) in [5.74, 6) is 0.693. The normalized spacial score (nSPS) is 14.7. The molecule has 1 aliphatic rings. The zero-order valence-corrected chi connectivity index (χ0v) is 10.0. The number of amidine groups is 1. The minimum absolute atomic E-state index is 0.100. The molecule has 0 unspecified atom stereocenters. The summed E-state index contributed by atoms with van der Waals surface area (Å²) < 4.78 is 0. The standard InChI is InChI=1S/C12H16N4O/c1-16(2)10-5-3-9(4-6-10)7-11-13-8-12(17)15-14-11/h3-6H,7-8H2,1-2H3,(H,13,14)(H,15,17). The molecule has 0 saturated heterocycles. The molecule has 0 radical (unpaired) electrons. The largest absolute Gasteiger partial charge is 0.378 e. The summed E-state index contributed by atoms with van der Waals surface area (Å²) in [7, 11) is 4.02. The van der Waals surface area contributed by atoms with Gasteiger partial charge in [0.25, 0.3) is 5.91 Å². The minimum Gasteiger partial charge on any atom is -0.378 e. The molecule has 0 fully saturated rings. The first-order valence-corrected chi connectivity index (χ1v) is 5.49. The highest BCUT2D eigenvalue weighted by Gasteiger charge is 2.09. The van der Waals surface area contributed by atoms with E-state index in [1.807, 2.05) is 14.1 Å². The third kappa shape index (κ3) is 2.96. The first kappa shape index (κ1) is 11.4. The predicted molar refractivity (Wildman–Crippen MR) is 68.1 cm³/mol. The van der Waals surface area contributed by atoms with Crippen LogP contribution in [-0.2, 0) is 11.2 Å². The maximum absolute atomic E-state index is 10.9. The van der Waals surface area contributed by atoms with Crippen LogP contribution < -0.4 is 15.8 Å². The van der Waals surface area contributed by atoms with Gasteiger partial charge in [-0.05, 0) is 17.7 Å². The first-order chi connectivity index (χ1) is 8.15. The van der Waals surface area contributed by atoms with E-state index >= 15 is 0 Å². The molecule has 5 heteroatoms. The van der Waals surface area contributed by atoms with Gasteiger partial charge in [-0.2, -0.15) is 0 Å². The maximum Gasteiger partial charge on any atom is 0.260 e. The van der Waals surface area contributed by atoms with Crippen LogP contribution in [0.15, 0.2) is 29.3 Å². The Morgan fingerprint density at radius 2 is 1.94 bits per heavy atom. The third-order valence-electron chi connectivity index (χ3n) is 2.58. The van der Waals surface area contributed by atoms with E-state index in [1.165, 1.54) is 5.69 Å². The SMILES string of the molecule is CN(C)c1ccc(CC2=NCC(=O)NN2)cc1. The summed E-state index contributed by atoms with van der Waals surface area (Å²) in [5, 5.41) is 0. The third-order valence-corrected chi connectivity index (χ3v) is 2.58. The number of hydrazine groups is 1. The van der Waals surface area contributed by atoms with Gasteiger partial charge in [-0.1, -0.05) is 12.1 Å².